The Hall–Kier alpha value is -9.00. The van der Waals surface area contributed by atoms with E-state index < -0.39 is 227 Å². The van der Waals surface area contributed by atoms with Gasteiger partial charge in [0.1, 0.15) is 64.6 Å². The molecule has 4 fully saturated rings. The third-order valence-corrected chi connectivity index (χ3v) is 22.3. The van der Waals surface area contributed by atoms with Crippen molar-refractivity contribution in [1.82, 2.24) is 41.9 Å². The second kappa shape index (κ2) is 57.7. The van der Waals surface area contributed by atoms with Crippen molar-refractivity contribution in [3.05, 3.63) is 0 Å². The predicted molar refractivity (Wildman–Crippen MR) is 436 cm³/mol. The zero-order valence-electron chi connectivity index (χ0n) is 74.9. The monoisotopic (exact) mass is 1820 g/mol. The van der Waals surface area contributed by atoms with E-state index in [0.717, 1.165) is 62.3 Å². The highest BCUT2D eigenvalue weighted by Gasteiger charge is 2.55. The largest absolute Gasteiger partial charge is 0.463 e. The van der Waals surface area contributed by atoms with Crippen LogP contribution in [0.3, 0.4) is 0 Å². The summed E-state index contributed by atoms with van der Waals surface area (Å²) in [6.45, 7) is 18.9. The zero-order valence-corrected chi connectivity index (χ0v) is 75.8. The first-order valence-corrected chi connectivity index (χ1v) is 43.5. The maximum atomic E-state index is 15.1. The van der Waals surface area contributed by atoms with Gasteiger partial charge in [-0.1, -0.05) is 0 Å². The molecule has 4 rings (SSSR count). The topological polar surface area (TPSA) is 560 Å². The Morgan fingerprint density at radius 3 is 0.984 bits per heavy atom. The third-order valence-electron chi connectivity index (χ3n) is 19.6. The Bertz CT molecular complexity index is 3290. The summed E-state index contributed by atoms with van der Waals surface area (Å²) in [6.07, 6.45) is -14.0. The Morgan fingerprint density at radius 2 is 0.714 bits per heavy atom. The molecule has 0 spiro atoms. The van der Waals surface area contributed by atoms with Gasteiger partial charge in [-0.05, 0) is 79.1 Å². The molecule has 16 unspecified atom stereocenters. The van der Waals surface area contributed by atoms with E-state index in [4.69, 9.17) is 89.8 Å². The molecular formula is C81H130N9O35P. The molecular weight excluding hydrogens is 1690 g/mol. The summed E-state index contributed by atoms with van der Waals surface area (Å²) < 4.78 is 111. The lowest BCUT2D eigenvalue weighted by molar-refractivity contribution is -0.279. The number of esters is 9. The maximum Gasteiger partial charge on any atom is 0.303 e. The fraction of sp³-hybridized carbons (Fsp3) is 0.790. The number of hydrogen-bond acceptors (Lipinski definition) is 37. The first-order valence-electron chi connectivity index (χ1n) is 42.1. The molecule has 0 aromatic heterocycles. The molecule has 7 N–H and O–H groups in total. The molecule has 1 aliphatic carbocycles. The lowest BCUT2D eigenvalue weighted by Crippen LogP contribution is -2.66. The van der Waals surface area contributed by atoms with Crippen LogP contribution in [0.5, 0.6) is 0 Å². The quantitative estimate of drug-likeness (QED) is 0.0193. The number of nitrogens with one attached hydrogen (secondary N) is 7. The smallest absolute Gasteiger partial charge is 0.303 e. The van der Waals surface area contributed by atoms with Crippen molar-refractivity contribution in [2.45, 2.75) is 303 Å². The van der Waals surface area contributed by atoms with Gasteiger partial charge in [-0.3, -0.25) is 81.4 Å². The normalized spacial score (nSPS) is 24.7. The molecule has 3 aliphatic heterocycles. The average Bonchev–Trinajstić information content (AvgIpc) is 0.787. The molecule has 126 heavy (non-hydrogen) atoms. The summed E-state index contributed by atoms with van der Waals surface area (Å²) in [6, 6.07) is -1.26. The van der Waals surface area contributed by atoms with Gasteiger partial charge in [-0.15, -0.1) is 0 Å². The van der Waals surface area contributed by atoms with E-state index in [-0.39, 0.29) is 136 Å². The van der Waals surface area contributed by atoms with Gasteiger partial charge in [0, 0.05) is 158 Å². The fourth-order valence-corrected chi connectivity index (χ4v) is 17.0. The first kappa shape index (κ1) is 109. The SMILES string of the molecule is CC(=O)NC1C(OCCOCCNC(=O)CCC(CCC(=O)NCCOCCOC2OC(COC(C)=O)C(OC(C)=O)C(OC(C)=O)C2NC(C)=O)(CCC(=O)NCCOCCOC2OC(COC(C)=O)C(OC(C)=O)C(OC(C)=O)C2NC(C)=O)NC(=O)C2CCC(OP(CCCC#N)N(C(C)C)C(C)C)CC2)OC(COC(C)=O)C(OC(C)=O)C1OC(C)=O. The Balaban J connectivity index is 1.60. The van der Waals surface area contributed by atoms with E-state index in [1.165, 1.54) is 20.8 Å². The predicted octanol–water partition coefficient (Wildman–Crippen LogP) is 0.908. The lowest BCUT2D eigenvalue weighted by atomic mass is 9.81. The summed E-state index contributed by atoms with van der Waals surface area (Å²) >= 11 is 0. The second-order valence-electron chi connectivity index (χ2n) is 30.9. The number of ether oxygens (including phenoxy) is 18. The lowest BCUT2D eigenvalue weighted by Gasteiger charge is -2.44. The molecule has 7 amide bonds. The van der Waals surface area contributed by atoms with Gasteiger partial charge in [0.05, 0.1) is 71.6 Å². The molecule has 714 valence electrons. The second-order valence-corrected chi connectivity index (χ2v) is 32.7. The van der Waals surface area contributed by atoms with Crippen LogP contribution in [-0.2, 0) is 166 Å². The van der Waals surface area contributed by atoms with Crippen LogP contribution in [0.4, 0.5) is 0 Å². The van der Waals surface area contributed by atoms with Crippen molar-refractivity contribution < 1.29 is 166 Å². The van der Waals surface area contributed by atoms with Crippen LogP contribution < -0.4 is 37.2 Å². The van der Waals surface area contributed by atoms with Crippen LogP contribution in [0.1, 0.15) is 188 Å². The van der Waals surface area contributed by atoms with Crippen molar-refractivity contribution in [3.8, 4) is 6.07 Å². The van der Waals surface area contributed by atoms with Crippen molar-refractivity contribution in [3.63, 3.8) is 0 Å². The van der Waals surface area contributed by atoms with Gasteiger partial charge >= 0.3 is 53.7 Å². The van der Waals surface area contributed by atoms with Crippen molar-refractivity contribution in [2.24, 2.45) is 5.92 Å². The fourth-order valence-electron chi connectivity index (χ4n) is 14.5. The molecule has 0 aromatic rings. The van der Waals surface area contributed by atoms with Crippen LogP contribution in [0.15, 0.2) is 0 Å². The molecule has 0 radical (unpaired) electrons. The third kappa shape index (κ3) is 41.4. The number of carbonyl (C=O) groups excluding carboxylic acids is 16. The number of rotatable bonds is 55. The minimum atomic E-state index is -1.45. The molecule has 3 saturated heterocycles. The number of unbranched alkanes of at least 4 members (excludes halogenated alkanes) is 1. The van der Waals surface area contributed by atoms with Crippen LogP contribution in [-0.4, -0.2) is 320 Å². The molecule has 0 bridgehead atoms. The maximum absolute atomic E-state index is 15.1. The van der Waals surface area contributed by atoms with Crippen molar-refractivity contribution >= 4 is 103 Å². The van der Waals surface area contributed by atoms with E-state index in [1.807, 2.05) is 0 Å². The summed E-state index contributed by atoms with van der Waals surface area (Å²) in [5.41, 5.74) is -1.45. The number of carbonyl (C=O) groups is 16. The van der Waals surface area contributed by atoms with E-state index >= 15 is 4.79 Å². The zero-order chi connectivity index (χ0) is 93.8. The molecule has 44 nitrogen and oxygen atoms in total. The molecule has 45 heteroatoms. The van der Waals surface area contributed by atoms with Gasteiger partial charge in [0.25, 0.3) is 0 Å². The van der Waals surface area contributed by atoms with E-state index in [1.54, 1.807) is 0 Å². The van der Waals surface area contributed by atoms with Gasteiger partial charge in [-0.25, -0.2) is 0 Å². The van der Waals surface area contributed by atoms with Gasteiger partial charge in [0.2, 0.25) is 41.4 Å². The van der Waals surface area contributed by atoms with Gasteiger partial charge in [0.15, 0.2) is 55.5 Å². The first-order chi connectivity index (χ1) is 59.6. The molecule has 3 heterocycles. The summed E-state index contributed by atoms with van der Waals surface area (Å²) in [7, 11) is -1.13. The number of amides is 7. The Morgan fingerprint density at radius 1 is 0.413 bits per heavy atom. The summed E-state index contributed by atoms with van der Waals surface area (Å²) in [4.78, 5) is 205. The van der Waals surface area contributed by atoms with E-state index in [2.05, 4.69) is 75.7 Å². The molecule has 1 saturated carbocycles. The number of hydrogen-bond donors (Lipinski definition) is 7. The van der Waals surface area contributed by atoms with E-state index in [9.17, 15) is 77.2 Å². The summed E-state index contributed by atoms with van der Waals surface area (Å²) in [5, 5.41) is 28.9. The van der Waals surface area contributed by atoms with Crippen molar-refractivity contribution in [1.29, 1.82) is 5.26 Å². The average molecular weight is 1820 g/mol. The van der Waals surface area contributed by atoms with Crippen LogP contribution in [0.25, 0.3) is 0 Å². The standard InChI is InChI=1S/C81H130N9O35P/c1-46(2)90(47(3)4)126(42-18-17-29-82)125-61-21-19-60(20-22-61)77(106)89-81(26-23-65(103)83-30-33-107-36-39-110-78-68(86-48(5)91)74(119-57(14)100)71(116-54(11)97)62(122-78)43-113-51(8)94,27-24-66(104)84-31-34-108-37-40-111-79-69(87-49(6)92)75(120-58(15)101)72(117-55(12)98)63(123-79)44-114-52(9)95)28-25-67(105)85-32-35-109-38-41-112-80-70(88-50(7)93)76(121-59(16)102)73(118-56(13)99)64(124-80)45-115-53(10)96/h46-47,60-64,68-76,78-80H,17-28,30-45H2,1-16H3,(H,83,103)(H,84,104)(H,85,105)(H,86,91)(H,87,92)(H,88,93)(H,89,106). The highest BCUT2D eigenvalue weighted by atomic mass is 31.2. The molecule has 0 aromatic carbocycles. The van der Waals surface area contributed by atoms with Crippen molar-refractivity contribution in [2.75, 3.05) is 105 Å². The van der Waals surface area contributed by atoms with Crippen LogP contribution >= 0.6 is 8.30 Å². The Labute approximate surface area is 734 Å². The minimum Gasteiger partial charge on any atom is -0.463 e. The van der Waals surface area contributed by atoms with E-state index in [0.29, 0.717) is 44.7 Å². The minimum absolute atomic E-state index is 0.0713. The number of nitriles is 1. The van der Waals surface area contributed by atoms with Crippen LogP contribution in [0.2, 0.25) is 0 Å². The molecule has 16 atom stereocenters. The van der Waals surface area contributed by atoms with Gasteiger partial charge in [-0.2, -0.15) is 5.26 Å². The Kier molecular flexibility index (Phi) is 50.1. The number of nitrogens with zero attached hydrogens (tertiary/aromatic N) is 2. The van der Waals surface area contributed by atoms with Gasteiger partial charge < -0.3 is 127 Å². The molecule has 4 aliphatic rings. The highest BCUT2D eigenvalue weighted by molar-refractivity contribution is 7.50. The highest BCUT2D eigenvalue weighted by Crippen LogP contribution is 2.49. The van der Waals surface area contributed by atoms with Crippen LogP contribution in [0, 0.1) is 17.2 Å². The summed E-state index contributed by atoms with van der Waals surface area (Å²) in [5.74, 6) is -11.3.